The highest BCUT2D eigenvalue weighted by atomic mass is 32.2. The summed E-state index contributed by atoms with van der Waals surface area (Å²) >= 11 is 0. The average molecular weight is 422 g/mol. The highest BCUT2D eigenvalue weighted by molar-refractivity contribution is 7.86. The first-order valence-electron chi connectivity index (χ1n) is 9.89. The van der Waals surface area contributed by atoms with Crippen molar-refractivity contribution in [3.8, 4) is 5.69 Å². The third-order valence-electron chi connectivity index (χ3n) is 5.27. The molecule has 0 spiro atoms. The summed E-state index contributed by atoms with van der Waals surface area (Å²) in [5.74, 6) is 0.739. The average Bonchev–Trinajstić information content (AvgIpc) is 3.16. The molecule has 0 bridgehead atoms. The second-order valence-corrected chi connectivity index (χ2v) is 9.53. The maximum absolute atomic E-state index is 13.0. The van der Waals surface area contributed by atoms with Crippen molar-refractivity contribution < 1.29 is 13.2 Å². The molecule has 2 fully saturated rings. The molecule has 2 atom stereocenters. The Hall–Kier alpha value is -1.92. The normalized spacial score (nSPS) is 25.3. The van der Waals surface area contributed by atoms with Crippen LogP contribution in [0.15, 0.2) is 30.3 Å². The first-order valence-corrected chi connectivity index (χ1v) is 11.3. The SMILES string of the molecule is C[C@H]1CN(S(=O)(=O)N2CCN(Cc3nnnn3-c3ccccc3)CC2)C[C@H](C)O1. The van der Waals surface area contributed by atoms with E-state index in [9.17, 15) is 8.42 Å². The molecule has 1 aromatic heterocycles. The molecule has 4 rings (SSSR count). The van der Waals surface area contributed by atoms with Gasteiger partial charge in [0.15, 0.2) is 5.82 Å². The Balaban J connectivity index is 1.37. The van der Waals surface area contributed by atoms with E-state index in [2.05, 4.69) is 20.4 Å². The van der Waals surface area contributed by atoms with Gasteiger partial charge in [0.1, 0.15) is 0 Å². The van der Waals surface area contributed by atoms with Crippen molar-refractivity contribution in [3.05, 3.63) is 36.2 Å². The van der Waals surface area contributed by atoms with E-state index in [1.807, 2.05) is 44.2 Å². The van der Waals surface area contributed by atoms with Crippen LogP contribution in [0.3, 0.4) is 0 Å². The van der Waals surface area contributed by atoms with Crippen LogP contribution in [0.25, 0.3) is 5.69 Å². The summed E-state index contributed by atoms with van der Waals surface area (Å²) in [6.45, 7) is 7.37. The van der Waals surface area contributed by atoms with Gasteiger partial charge in [-0.05, 0) is 36.4 Å². The number of hydrogen-bond donors (Lipinski definition) is 0. The van der Waals surface area contributed by atoms with Crippen LogP contribution < -0.4 is 0 Å². The van der Waals surface area contributed by atoms with E-state index in [4.69, 9.17) is 4.74 Å². The second-order valence-electron chi connectivity index (χ2n) is 7.60. The van der Waals surface area contributed by atoms with Gasteiger partial charge >= 0.3 is 0 Å². The molecule has 3 heterocycles. The third-order valence-corrected chi connectivity index (χ3v) is 7.24. The van der Waals surface area contributed by atoms with Gasteiger partial charge in [-0.3, -0.25) is 4.90 Å². The molecule has 2 aliphatic rings. The van der Waals surface area contributed by atoms with Gasteiger partial charge in [-0.1, -0.05) is 18.2 Å². The molecule has 10 nitrogen and oxygen atoms in total. The van der Waals surface area contributed by atoms with Gasteiger partial charge in [0, 0.05) is 39.3 Å². The minimum absolute atomic E-state index is 0.0911. The van der Waals surface area contributed by atoms with Crippen LogP contribution in [0, 0.1) is 0 Å². The molecule has 158 valence electrons. The van der Waals surface area contributed by atoms with Crippen molar-refractivity contribution in [3.63, 3.8) is 0 Å². The lowest BCUT2D eigenvalue weighted by Crippen LogP contribution is -2.57. The number of para-hydroxylation sites is 1. The zero-order valence-electron chi connectivity index (χ0n) is 16.8. The van der Waals surface area contributed by atoms with Gasteiger partial charge in [-0.15, -0.1) is 5.10 Å². The second kappa shape index (κ2) is 8.44. The minimum Gasteiger partial charge on any atom is -0.373 e. The van der Waals surface area contributed by atoms with Crippen LogP contribution in [-0.4, -0.2) is 93.6 Å². The van der Waals surface area contributed by atoms with Gasteiger partial charge < -0.3 is 4.74 Å². The van der Waals surface area contributed by atoms with Crippen molar-refractivity contribution in [2.24, 2.45) is 0 Å². The fourth-order valence-electron chi connectivity index (χ4n) is 3.87. The number of aromatic nitrogens is 4. The Morgan fingerprint density at radius 2 is 1.66 bits per heavy atom. The summed E-state index contributed by atoms with van der Waals surface area (Å²) in [6, 6.07) is 9.74. The van der Waals surface area contributed by atoms with E-state index in [0.29, 0.717) is 45.8 Å². The van der Waals surface area contributed by atoms with Gasteiger partial charge in [0.05, 0.1) is 24.4 Å². The number of tetrazole rings is 1. The summed E-state index contributed by atoms with van der Waals surface area (Å²) < 4.78 is 36.6. The van der Waals surface area contributed by atoms with E-state index < -0.39 is 10.2 Å². The van der Waals surface area contributed by atoms with Gasteiger partial charge in [0.2, 0.25) is 0 Å². The lowest BCUT2D eigenvalue weighted by molar-refractivity contribution is -0.0457. The molecule has 0 radical (unpaired) electrons. The Bertz CT molecular complexity index is 903. The molecule has 0 amide bonds. The predicted molar refractivity (Wildman–Crippen MR) is 107 cm³/mol. The van der Waals surface area contributed by atoms with Gasteiger partial charge in [0.25, 0.3) is 10.2 Å². The highest BCUT2D eigenvalue weighted by Gasteiger charge is 2.36. The quantitative estimate of drug-likeness (QED) is 0.677. The molecule has 0 aliphatic carbocycles. The lowest BCUT2D eigenvalue weighted by Gasteiger charge is -2.40. The number of hydrogen-bond acceptors (Lipinski definition) is 7. The van der Waals surface area contributed by atoms with E-state index in [0.717, 1.165) is 11.5 Å². The molecular weight excluding hydrogens is 394 g/mol. The molecular formula is C18H27N7O3S. The highest BCUT2D eigenvalue weighted by Crippen LogP contribution is 2.19. The number of nitrogens with zero attached hydrogens (tertiary/aromatic N) is 7. The molecule has 0 saturated carbocycles. The van der Waals surface area contributed by atoms with Crippen LogP contribution in [0.5, 0.6) is 0 Å². The minimum atomic E-state index is -3.47. The van der Waals surface area contributed by atoms with Crippen LogP contribution >= 0.6 is 0 Å². The molecule has 2 saturated heterocycles. The van der Waals surface area contributed by atoms with Crippen LogP contribution in [0.1, 0.15) is 19.7 Å². The Labute approximate surface area is 171 Å². The molecule has 11 heteroatoms. The first-order chi connectivity index (χ1) is 13.9. The maximum Gasteiger partial charge on any atom is 0.282 e. The monoisotopic (exact) mass is 421 g/mol. The van der Waals surface area contributed by atoms with E-state index in [1.165, 1.54) is 0 Å². The van der Waals surface area contributed by atoms with Gasteiger partial charge in [-0.25, -0.2) is 0 Å². The zero-order chi connectivity index (χ0) is 20.4. The van der Waals surface area contributed by atoms with Crippen molar-refractivity contribution in [1.82, 2.24) is 33.7 Å². The Morgan fingerprint density at radius 3 is 2.31 bits per heavy atom. The van der Waals surface area contributed by atoms with Crippen molar-refractivity contribution in [1.29, 1.82) is 0 Å². The maximum atomic E-state index is 13.0. The summed E-state index contributed by atoms with van der Waals surface area (Å²) in [5, 5.41) is 12.0. The smallest absolute Gasteiger partial charge is 0.282 e. The lowest BCUT2D eigenvalue weighted by atomic mass is 10.3. The molecule has 2 aliphatic heterocycles. The molecule has 1 aromatic carbocycles. The number of rotatable bonds is 5. The third kappa shape index (κ3) is 4.48. The fraction of sp³-hybridized carbons (Fsp3) is 0.611. The van der Waals surface area contributed by atoms with Crippen LogP contribution in [0.2, 0.25) is 0 Å². The van der Waals surface area contributed by atoms with E-state index in [1.54, 1.807) is 13.3 Å². The summed E-state index contributed by atoms with van der Waals surface area (Å²) in [7, 11) is -3.47. The Kier molecular flexibility index (Phi) is 5.93. The van der Waals surface area contributed by atoms with Crippen LogP contribution in [-0.2, 0) is 21.5 Å². The topological polar surface area (TPSA) is 96.7 Å². The fourth-order valence-corrected chi connectivity index (χ4v) is 5.62. The Morgan fingerprint density at radius 1 is 1.00 bits per heavy atom. The number of morpholine rings is 1. The molecule has 2 aromatic rings. The largest absolute Gasteiger partial charge is 0.373 e. The van der Waals surface area contributed by atoms with E-state index >= 15 is 0 Å². The zero-order valence-corrected chi connectivity index (χ0v) is 17.6. The first kappa shape index (κ1) is 20.4. The van der Waals surface area contributed by atoms with Crippen molar-refractivity contribution >= 4 is 10.2 Å². The van der Waals surface area contributed by atoms with Gasteiger partial charge in [-0.2, -0.15) is 21.7 Å². The van der Waals surface area contributed by atoms with Crippen molar-refractivity contribution in [2.75, 3.05) is 39.3 Å². The summed E-state index contributed by atoms with van der Waals surface area (Å²) in [4.78, 5) is 2.18. The molecule has 29 heavy (non-hydrogen) atoms. The molecule has 0 N–H and O–H groups in total. The van der Waals surface area contributed by atoms with Crippen molar-refractivity contribution in [2.45, 2.75) is 32.6 Å². The summed E-state index contributed by atoms with van der Waals surface area (Å²) in [5.41, 5.74) is 0.907. The summed E-state index contributed by atoms with van der Waals surface area (Å²) in [6.07, 6.45) is -0.182. The number of benzene rings is 1. The number of ether oxygens (including phenoxy) is 1. The van der Waals surface area contributed by atoms with Crippen LogP contribution in [0.4, 0.5) is 0 Å². The van der Waals surface area contributed by atoms with E-state index in [-0.39, 0.29) is 12.2 Å². The predicted octanol–water partition coefficient (Wildman–Crippen LogP) is 0.134. The molecule has 0 unspecified atom stereocenters. The number of piperazine rings is 1. The standard InChI is InChI=1S/C18H27N7O3S/c1-15-12-24(13-16(2)28-15)29(26,27)23-10-8-22(9-11-23)14-18-19-20-21-25(18)17-6-4-3-5-7-17/h3-7,15-16H,8-14H2,1-2H3/t15-,16-/m0/s1.